The lowest BCUT2D eigenvalue weighted by Gasteiger charge is -2.28. The summed E-state index contributed by atoms with van der Waals surface area (Å²) in [6, 6.07) is 3.06. The lowest BCUT2D eigenvalue weighted by atomic mass is 10.1. The summed E-state index contributed by atoms with van der Waals surface area (Å²) in [5.74, 6) is -1.45. The fourth-order valence-corrected chi connectivity index (χ4v) is 3.16. The van der Waals surface area contributed by atoms with Gasteiger partial charge < -0.3 is 10.0 Å². The molecule has 1 aliphatic heterocycles. The molecule has 1 aliphatic rings. The van der Waals surface area contributed by atoms with Crippen LogP contribution in [-0.4, -0.2) is 22.6 Å². The highest BCUT2D eigenvalue weighted by Crippen LogP contribution is 2.28. The molecule has 0 bridgehead atoms. The van der Waals surface area contributed by atoms with Gasteiger partial charge in [-0.25, -0.2) is 14.2 Å². The second-order valence-electron chi connectivity index (χ2n) is 4.37. The minimum Gasteiger partial charge on any atom is -0.478 e. The average Bonchev–Trinajstić information content (AvgIpc) is 2.85. The second-order valence-corrected chi connectivity index (χ2v) is 5.37. The van der Waals surface area contributed by atoms with E-state index < -0.39 is 11.8 Å². The molecule has 98 valence electrons. The topological polar surface area (TPSA) is 53.4 Å². The highest BCUT2D eigenvalue weighted by molar-refractivity contribution is 7.10. The van der Waals surface area contributed by atoms with Gasteiger partial charge in [-0.15, -0.1) is 11.3 Å². The molecular formula is C13H11FN2O2S. The van der Waals surface area contributed by atoms with Crippen LogP contribution in [0.2, 0.25) is 0 Å². The molecule has 0 aliphatic carbocycles. The van der Waals surface area contributed by atoms with Crippen molar-refractivity contribution in [2.75, 3.05) is 11.4 Å². The molecule has 19 heavy (non-hydrogen) atoms. The van der Waals surface area contributed by atoms with E-state index in [1.54, 1.807) is 11.3 Å². The number of hydrogen-bond acceptors (Lipinski definition) is 4. The van der Waals surface area contributed by atoms with Crippen LogP contribution < -0.4 is 4.90 Å². The number of carbonyl (C=O) groups is 1. The van der Waals surface area contributed by atoms with Crippen LogP contribution in [0.5, 0.6) is 0 Å². The molecule has 0 saturated carbocycles. The molecule has 2 aromatic rings. The maximum Gasteiger partial charge on any atom is 0.339 e. The number of rotatable bonds is 2. The summed E-state index contributed by atoms with van der Waals surface area (Å²) in [6.07, 6.45) is 1.93. The summed E-state index contributed by atoms with van der Waals surface area (Å²) < 4.78 is 13.1. The molecule has 0 amide bonds. The van der Waals surface area contributed by atoms with E-state index in [4.69, 9.17) is 5.11 Å². The summed E-state index contributed by atoms with van der Waals surface area (Å²) >= 11 is 1.71. The fraction of sp³-hybridized carbons (Fsp3) is 0.231. The van der Waals surface area contributed by atoms with Crippen LogP contribution in [0.3, 0.4) is 0 Å². The summed E-state index contributed by atoms with van der Waals surface area (Å²) in [4.78, 5) is 18.4. The Morgan fingerprint density at radius 2 is 2.37 bits per heavy atom. The smallest absolute Gasteiger partial charge is 0.339 e. The molecule has 3 heterocycles. The SMILES string of the molecule is O=C(O)c1cc(F)cnc1N1CCc2sccc2C1. The summed E-state index contributed by atoms with van der Waals surface area (Å²) in [5, 5.41) is 11.2. The molecule has 0 radical (unpaired) electrons. The van der Waals surface area contributed by atoms with Crippen LogP contribution in [0.15, 0.2) is 23.7 Å². The molecule has 1 N–H and O–H groups in total. The predicted molar refractivity (Wildman–Crippen MR) is 70.2 cm³/mol. The highest BCUT2D eigenvalue weighted by Gasteiger charge is 2.23. The van der Waals surface area contributed by atoms with Crippen molar-refractivity contribution in [3.8, 4) is 0 Å². The van der Waals surface area contributed by atoms with Crippen molar-refractivity contribution in [1.82, 2.24) is 4.98 Å². The average molecular weight is 278 g/mol. The second kappa shape index (κ2) is 4.62. The van der Waals surface area contributed by atoms with Gasteiger partial charge in [0.15, 0.2) is 0 Å². The molecular weight excluding hydrogens is 267 g/mol. The number of anilines is 1. The lowest BCUT2D eigenvalue weighted by Crippen LogP contribution is -2.31. The first kappa shape index (κ1) is 12.1. The van der Waals surface area contributed by atoms with Crippen LogP contribution in [-0.2, 0) is 13.0 Å². The predicted octanol–water partition coefficient (Wildman–Crippen LogP) is 2.54. The van der Waals surface area contributed by atoms with E-state index >= 15 is 0 Å². The van der Waals surface area contributed by atoms with Gasteiger partial charge in [0.05, 0.1) is 6.20 Å². The fourth-order valence-electron chi connectivity index (χ4n) is 2.27. The highest BCUT2D eigenvalue weighted by atomic mass is 32.1. The third-order valence-corrected chi connectivity index (χ3v) is 4.19. The van der Waals surface area contributed by atoms with Crippen molar-refractivity contribution in [3.63, 3.8) is 0 Å². The van der Waals surface area contributed by atoms with Gasteiger partial charge in [-0.1, -0.05) is 0 Å². The standard InChI is InChI=1S/C13H11FN2O2S/c14-9-5-10(13(17)18)12(15-6-9)16-3-1-11-8(7-16)2-4-19-11/h2,4-6H,1,3,7H2,(H,17,18). The molecule has 2 aromatic heterocycles. The number of hydrogen-bond donors (Lipinski definition) is 1. The zero-order valence-electron chi connectivity index (χ0n) is 9.97. The van der Waals surface area contributed by atoms with Gasteiger partial charge >= 0.3 is 5.97 Å². The number of thiophene rings is 1. The number of fused-ring (bicyclic) bond motifs is 1. The van der Waals surface area contributed by atoms with Crippen LogP contribution in [0.25, 0.3) is 0 Å². The van der Waals surface area contributed by atoms with Crippen LogP contribution in [0, 0.1) is 5.82 Å². The first-order chi connectivity index (χ1) is 9.15. The summed E-state index contributed by atoms with van der Waals surface area (Å²) in [7, 11) is 0. The van der Waals surface area contributed by atoms with Crippen molar-refractivity contribution in [2.45, 2.75) is 13.0 Å². The lowest BCUT2D eigenvalue weighted by molar-refractivity contribution is 0.0696. The molecule has 4 nitrogen and oxygen atoms in total. The molecule has 0 aromatic carbocycles. The number of halogens is 1. The first-order valence-electron chi connectivity index (χ1n) is 5.84. The zero-order valence-corrected chi connectivity index (χ0v) is 10.8. The minimum absolute atomic E-state index is 0.0846. The Balaban J connectivity index is 1.98. The molecule has 6 heteroatoms. The van der Waals surface area contributed by atoms with E-state index in [1.165, 1.54) is 10.4 Å². The van der Waals surface area contributed by atoms with Crippen molar-refractivity contribution in [3.05, 3.63) is 45.5 Å². The normalized spacial score (nSPS) is 14.3. The quantitative estimate of drug-likeness (QED) is 0.917. The van der Waals surface area contributed by atoms with Crippen molar-refractivity contribution in [2.24, 2.45) is 0 Å². The Hall–Kier alpha value is -1.95. The number of aromatic nitrogens is 1. The van der Waals surface area contributed by atoms with E-state index in [2.05, 4.69) is 4.98 Å². The van der Waals surface area contributed by atoms with Crippen LogP contribution in [0.1, 0.15) is 20.8 Å². The van der Waals surface area contributed by atoms with Gasteiger partial charge in [0.1, 0.15) is 17.2 Å². The van der Waals surface area contributed by atoms with Crippen LogP contribution in [0.4, 0.5) is 10.2 Å². The Morgan fingerprint density at radius 1 is 1.53 bits per heavy atom. The van der Waals surface area contributed by atoms with Gasteiger partial charge in [-0.3, -0.25) is 0 Å². The van der Waals surface area contributed by atoms with Crippen molar-refractivity contribution >= 4 is 23.1 Å². The van der Waals surface area contributed by atoms with E-state index in [0.29, 0.717) is 18.9 Å². The first-order valence-corrected chi connectivity index (χ1v) is 6.72. The van der Waals surface area contributed by atoms with Crippen LogP contribution >= 0.6 is 11.3 Å². The molecule has 3 rings (SSSR count). The maximum absolute atomic E-state index is 13.1. The zero-order chi connectivity index (χ0) is 13.4. The Bertz CT molecular complexity index is 641. The van der Waals surface area contributed by atoms with Gasteiger partial charge in [-0.2, -0.15) is 0 Å². The van der Waals surface area contributed by atoms with E-state index in [0.717, 1.165) is 18.7 Å². The van der Waals surface area contributed by atoms with Crippen molar-refractivity contribution < 1.29 is 14.3 Å². The third-order valence-electron chi connectivity index (χ3n) is 3.17. The minimum atomic E-state index is -1.15. The molecule has 0 saturated heterocycles. The third kappa shape index (κ3) is 2.19. The monoisotopic (exact) mass is 278 g/mol. The largest absolute Gasteiger partial charge is 0.478 e. The maximum atomic E-state index is 13.1. The number of carboxylic acids is 1. The van der Waals surface area contributed by atoms with Gasteiger partial charge in [0.25, 0.3) is 0 Å². The van der Waals surface area contributed by atoms with E-state index in [-0.39, 0.29) is 5.56 Å². The number of nitrogens with zero attached hydrogens (tertiary/aromatic N) is 2. The molecule has 0 fully saturated rings. The summed E-state index contributed by atoms with van der Waals surface area (Å²) in [5.41, 5.74) is 1.11. The molecule has 0 spiro atoms. The number of pyridine rings is 1. The van der Waals surface area contributed by atoms with E-state index in [9.17, 15) is 9.18 Å². The van der Waals surface area contributed by atoms with E-state index in [1.807, 2.05) is 16.3 Å². The number of carboxylic acid groups (broad SMARTS) is 1. The van der Waals surface area contributed by atoms with Gasteiger partial charge in [0.2, 0.25) is 0 Å². The molecule has 0 unspecified atom stereocenters. The Morgan fingerprint density at radius 3 is 3.16 bits per heavy atom. The summed E-state index contributed by atoms with van der Waals surface area (Å²) in [6.45, 7) is 1.32. The number of aromatic carboxylic acids is 1. The Labute approximate surface area is 113 Å². The molecule has 0 atom stereocenters. The van der Waals surface area contributed by atoms with Gasteiger partial charge in [-0.05, 0) is 29.5 Å². The van der Waals surface area contributed by atoms with Gasteiger partial charge in [0, 0.05) is 18.0 Å². The Kier molecular flexibility index (Phi) is 2.94. The van der Waals surface area contributed by atoms with Crippen molar-refractivity contribution in [1.29, 1.82) is 0 Å².